The number of carboxylic acids is 1. The first-order chi connectivity index (χ1) is 23.8. The lowest BCUT2D eigenvalue weighted by Crippen LogP contribution is -2.61. The van der Waals surface area contributed by atoms with Gasteiger partial charge in [0.2, 0.25) is 0 Å². The lowest BCUT2D eigenvalue weighted by Gasteiger charge is -2.42. The van der Waals surface area contributed by atoms with Gasteiger partial charge in [-0.05, 0) is 43.4 Å². The molecule has 0 spiro atoms. The highest BCUT2D eigenvalue weighted by molar-refractivity contribution is 5.75. The Hall–Kier alpha value is -1.75. The van der Waals surface area contributed by atoms with Crippen LogP contribution in [0.5, 0.6) is 0 Å². The standard InChI is InChI=1S/C24H49NO10.C13H18O2/c1-2-3-4-5-6-7-8-9-10-11-12-25-13-16(28)19(30)23(17(29)14-26)35-24-22(33)21(32)20(31)18(15-27)34-24;1-9(2)8-11-4-6-12(7-5-11)10(3)13(14)15/h16-33H,2-15H2,1H3;4-7,9-10H,8H2,1-3H3,(H,14,15)/t16-,17+,18+,19+,20-,21-,22+,23+,24-;/m0./s1. The van der Waals surface area contributed by atoms with Gasteiger partial charge in [-0.2, -0.15) is 0 Å². The molecule has 10 atom stereocenters. The molecule has 13 nitrogen and oxygen atoms in total. The van der Waals surface area contributed by atoms with E-state index in [2.05, 4.69) is 26.1 Å². The molecule has 0 saturated carbocycles. The van der Waals surface area contributed by atoms with E-state index in [0.29, 0.717) is 12.5 Å². The van der Waals surface area contributed by atoms with E-state index in [1.807, 2.05) is 24.3 Å². The van der Waals surface area contributed by atoms with Gasteiger partial charge >= 0.3 is 5.97 Å². The van der Waals surface area contributed by atoms with E-state index >= 15 is 0 Å². The minimum Gasteiger partial charge on any atom is -0.481 e. The van der Waals surface area contributed by atoms with Gasteiger partial charge in [0.15, 0.2) is 6.29 Å². The number of ether oxygens (including phenoxy) is 2. The topological polar surface area (TPSA) is 230 Å². The Balaban J connectivity index is 0.000000690. The number of benzene rings is 1. The summed E-state index contributed by atoms with van der Waals surface area (Å²) in [5, 5.41) is 91.4. The second-order valence-electron chi connectivity index (χ2n) is 13.9. The quantitative estimate of drug-likeness (QED) is 0.0690. The normalized spacial score (nSPS) is 23.8. The minimum atomic E-state index is -1.75. The smallest absolute Gasteiger partial charge is 0.310 e. The van der Waals surface area contributed by atoms with Crippen LogP contribution in [-0.4, -0.2) is 133 Å². The average molecular weight is 718 g/mol. The third kappa shape index (κ3) is 17.2. The van der Waals surface area contributed by atoms with Gasteiger partial charge in [0.25, 0.3) is 0 Å². The number of rotatable bonds is 24. The SMILES string of the molecule is CC(C)Cc1ccc(C(C)C(=O)O)cc1.CCCCCCCCCCCCNC[C@H](O)[C@@H](O)[C@H](O[C@@H]1O[C@H](CO)[C@H](O)[C@H](O)[C@H]1O)[C@H](O)CO. The maximum absolute atomic E-state index is 10.8. The van der Waals surface area contributed by atoms with Gasteiger partial charge in [0.1, 0.15) is 42.7 Å². The number of nitrogens with one attached hydrogen (secondary N) is 1. The molecule has 0 amide bonds. The number of hydrogen-bond donors (Lipinski definition) is 10. The van der Waals surface area contributed by atoms with Crippen molar-refractivity contribution in [2.24, 2.45) is 5.92 Å². The zero-order chi connectivity index (χ0) is 37.6. The lowest BCUT2D eigenvalue weighted by atomic mass is 9.97. The molecule has 1 aromatic rings. The van der Waals surface area contributed by atoms with Crippen molar-refractivity contribution in [1.29, 1.82) is 0 Å². The summed E-state index contributed by atoms with van der Waals surface area (Å²) in [6.45, 7) is 7.43. The maximum atomic E-state index is 10.8. The second-order valence-corrected chi connectivity index (χ2v) is 13.9. The Morgan fingerprint density at radius 3 is 1.88 bits per heavy atom. The van der Waals surface area contributed by atoms with Crippen LogP contribution in [-0.2, 0) is 20.7 Å². The number of aliphatic carboxylic acids is 1. The highest BCUT2D eigenvalue weighted by Gasteiger charge is 2.46. The number of aliphatic hydroxyl groups is 8. The summed E-state index contributed by atoms with van der Waals surface area (Å²) in [7, 11) is 0. The summed E-state index contributed by atoms with van der Waals surface area (Å²) >= 11 is 0. The van der Waals surface area contributed by atoms with Gasteiger partial charge in [0, 0.05) is 6.54 Å². The van der Waals surface area contributed by atoms with Crippen LogP contribution in [0.1, 0.15) is 109 Å². The Bertz CT molecular complexity index is 997. The molecule has 0 bridgehead atoms. The van der Waals surface area contributed by atoms with Gasteiger partial charge in [0.05, 0.1) is 25.2 Å². The molecule has 1 aliphatic rings. The van der Waals surface area contributed by atoms with Crippen molar-refractivity contribution >= 4 is 5.97 Å². The molecule has 0 radical (unpaired) electrons. The molecular weight excluding hydrogens is 650 g/mol. The van der Waals surface area contributed by atoms with Crippen molar-refractivity contribution in [2.45, 2.75) is 159 Å². The molecule has 292 valence electrons. The van der Waals surface area contributed by atoms with Crippen molar-refractivity contribution in [2.75, 3.05) is 26.3 Å². The summed E-state index contributed by atoms with van der Waals surface area (Å²) in [6.07, 6.45) is -1.03. The molecule has 1 unspecified atom stereocenters. The average Bonchev–Trinajstić information content (AvgIpc) is 3.10. The molecule has 1 saturated heterocycles. The van der Waals surface area contributed by atoms with Gasteiger partial charge in [-0.1, -0.05) is 103 Å². The Labute approximate surface area is 298 Å². The van der Waals surface area contributed by atoms with E-state index in [0.717, 1.165) is 31.2 Å². The Morgan fingerprint density at radius 1 is 0.820 bits per heavy atom. The molecule has 50 heavy (non-hydrogen) atoms. The van der Waals surface area contributed by atoms with Gasteiger partial charge in [-0.25, -0.2) is 0 Å². The zero-order valence-corrected chi connectivity index (χ0v) is 30.5. The molecule has 10 N–H and O–H groups in total. The van der Waals surface area contributed by atoms with E-state index in [9.17, 15) is 45.6 Å². The molecular formula is C37H67NO12. The summed E-state index contributed by atoms with van der Waals surface area (Å²) in [5.74, 6) is -0.558. The summed E-state index contributed by atoms with van der Waals surface area (Å²) < 4.78 is 10.6. The number of hydrogen-bond acceptors (Lipinski definition) is 12. The van der Waals surface area contributed by atoms with E-state index in [1.54, 1.807) is 6.92 Å². The van der Waals surface area contributed by atoms with Crippen molar-refractivity contribution in [1.82, 2.24) is 5.32 Å². The molecule has 1 aliphatic heterocycles. The molecule has 2 rings (SSSR count). The molecule has 1 heterocycles. The van der Waals surface area contributed by atoms with Crippen LogP contribution in [0.25, 0.3) is 0 Å². The highest BCUT2D eigenvalue weighted by Crippen LogP contribution is 2.25. The van der Waals surface area contributed by atoms with Gasteiger partial charge in [-0.15, -0.1) is 0 Å². The Kier molecular flexibility index (Phi) is 24.1. The first kappa shape index (κ1) is 46.3. The number of aliphatic hydroxyl groups excluding tert-OH is 8. The zero-order valence-electron chi connectivity index (χ0n) is 30.5. The van der Waals surface area contributed by atoms with Crippen LogP contribution in [0, 0.1) is 5.92 Å². The van der Waals surface area contributed by atoms with Crippen LogP contribution in [0.15, 0.2) is 24.3 Å². The van der Waals surface area contributed by atoms with E-state index < -0.39 is 80.2 Å². The van der Waals surface area contributed by atoms with Crippen LogP contribution in [0.2, 0.25) is 0 Å². The van der Waals surface area contributed by atoms with Crippen LogP contribution < -0.4 is 5.32 Å². The van der Waals surface area contributed by atoms with Crippen molar-refractivity contribution in [3.05, 3.63) is 35.4 Å². The maximum Gasteiger partial charge on any atom is 0.310 e. The molecule has 1 aromatic carbocycles. The number of unbranched alkanes of at least 4 members (excludes halogenated alkanes) is 9. The fourth-order valence-corrected chi connectivity index (χ4v) is 5.72. The number of carboxylic acid groups (broad SMARTS) is 1. The van der Waals surface area contributed by atoms with E-state index in [4.69, 9.17) is 14.6 Å². The minimum absolute atomic E-state index is 0.00524. The van der Waals surface area contributed by atoms with Crippen LogP contribution >= 0.6 is 0 Å². The van der Waals surface area contributed by atoms with Crippen molar-refractivity contribution in [3.63, 3.8) is 0 Å². The van der Waals surface area contributed by atoms with E-state index in [1.165, 1.54) is 50.5 Å². The van der Waals surface area contributed by atoms with Crippen LogP contribution in [0.3, 0.4) is 0 Å². The fraction of sp³-hybridized carbons (Fsp3) is 0.811. The summed E-state index contributed by atoms with van der Waals surface area (Å²) in [5.41, 5.74) is 2.14. The summed E-state index contributed by atoms with van der Waals surface area (Å²) in [6, 6.07) is 7.87. The third-order valence-electron chi connectivity index (χ3n) is 8.99. The van der Waals surface area contributed by atoms with Gasteiger partial charge in [-0.3, -0.25) is 4.79 Å². The predicted molar refractivity (Wildman–Crippen MR) is 189 cm³/mol. The predicted octanol–water partition coefficient (Wildman–Crippen LogP) is 1.83. The largest absolute Gasteiger partial charge is 0.481 e. The van der Waals surface area contributed by atoms with Crippen molar-refractivity contribution in [3.8, 4) is 0 Å². The first-order valence-corrected chi connectivity index (χ1v) is 18.4. The fourth-order valence-electron chi connectivity index (χ4n) is 5.72. The Morgan fingerprint density at radius 2 is 1.38 bits per heavy atom. The monoisotopic (exact) mass is 717 g/mol. The van der Waals surface area contributed by atoms with E-state index in [-0.39, 0.29) is 6.54 Å². The molecule has 13 heteroatoms. The van der Waals surface area contributed by atoms with Gasteiger partial charge < -0.3 is 60.7 Å². The highest BCUT2D eigenvalue weighted by atomic mass is 16.7. The lowest BCUT2D eigenvalue weighted by molar-refractivity contribution is -0.327. The summed E-state index contributed by atoms with van der Waals surface area (Å²) in [4.78, 5) is 10.8. The number of carbonyl (C=O) groups is 1. The van der Waals surface area contributed by atoms with Crippen molar-refractivity contribution < 1.29 is 60.2 Å². The molecule has 0 aromatic heterocycles. The second kappa shape index (κ2) is 26.1. The first-order valence-electron chi connectivity index (χ1n) is 18.4. The van der Waals surface area contributed by atoms with Crippen LogP contribution in [0.4, 0.5) is 0 Å². The molecule has 0 aliphatic carbocycles. The third-order valence-corrected chi connectivity index (χ3v) is 8.99. The molecule has 1 fully saturated rings.